The Morgan fingerprint density at radius 3 is 2.14 bits per heavy atom. The standard InChI is InChI=1S/C20H38O/c1-17(2)12-11-14-19-16-18-13-9-7-5-3-4-6-8-10-15-20(18)21-19/h17-20H,3-16H2,1-2H3. The van der Waals surface area contributed by atoms with Crippen molar-refractivity contribution >= 4 is 0 Å². The van der Waals surface area contributed by atoms with Crippen molar-refractivity contribution in [2.45, 2.75) is 116 Å². The Bertz CT molecular complexity index is 241. The summed E-state index contributed by atoms with van der Waals surface area (Å²) in [6.45, 7) is 4.67. The molecule has 2 aliphatic rings. The summed E-state index contributed by atoms with van der Waals surface area (Å²) in [6.07, 6.45) is 21.0. The zero-order chi connectivity index (χ0) is 14.9. The zero-order valence-electron chi connectivity index (χ0n) is 14.6. The molecule has 0 aromatic carbocycles. The van der Waals surface area contributed by atoms with Crippen molar-refractivity contribution in [2.24, 2.45) is 11.8 Å². The highest BCUT2D eigenvalue weighted by Gasteiger charge is 2.33. The molecule has 0 aromatic rings. The van der Waals surface area contributed by atoms with E-state index in [-0.39, 0.29) is 0 Å². The maximum absolute atomic E-state index is 6.45. The molecule has 0 amide bonds. The first-order chi connectivity index (χ1) is 10.3. The number of ether oxygens (including phenoxy) is 1. The molecule has 2 fully saturated rings. The van der Waals surface area contributed by atoms with Crippen LogP contribution in [0.15, 0.2) is 0 Å². The third kappa shape index (κ3) is 6.72. The van der Waals surface area contributed by atoms with Crippen LogP contribution in [-0.2, 0) is 4.74 Å². The minimum Gasteiger partial charge on any atom is -0.375 e. The highest BCUT2D eigenvalue weighted by molar-refractivity contribution is 4.83. The van der Waals surface area contributed by atoms with Gasteiger partial charge in [-0.25, -0.2) is 0 Å². The van der Waals surface area contributed by atoms with Gasteiger partial charge in [-0.05, 0) is 37.5 Å². The molecular formula is C20H38O. The van der Waals surface area contributed by atoms with Crippen LogP contribution in [0.25, 0.3) is 0 Å². The van der Waals surface area contributed by atoms with E-state index in [0.717, 1.165) is 11.8 Å². The molecule has 1 saturated carbocycles. The first-order valence-corrected chi connectivity index (χ1v) is 9.91. The van der Waals surface area contributed by atoms with Gasteiger partial charge in [0.1, 0.15) is 0 Å². The molecule has 124 valence electrons. The smallest absolute Gasteiger partial charge is 0.0608 e. The molecule has 0 bridgehead atoms. The van der Waals surface area contributed by atoms with E-state index >= 15 is 0 Å². The summed E-state index contributed by atoms with van der Waals surface area (Å²) in [5, 5.41) is 0. The molecule has 3 atom stereocenters. The minimum atomic E-state index is 0.587. The molecule has 1 aliphatic carbocycles. The van der Waals surface area contributed by atoms with Crippen LogP contribution in [0.3, 0.4) is 0 Å². The molecular weight excluding hydrogens is 256 g/mol. The fourth-order valence-electron chi connectivity index (χ4n) is 4.26. The van der Waals surface area contributed by atoms with Crippen LogP contribution in [0.4, 0.5) is 0 Å². The lowest BCUT2D eigenvalue weighted by Gasteiger charge is -2.19. The lowest BCUT2D eigenvalue weighted by atomic mass is 9.88. The number of hydrogen-bond acceptors (Lipinski definition) is 1. The van der Waals surface area contributed by atoms with Crippen molar-refractivity contribution in [3.8, 4) is 0 Å². The normalized spacial score (nSPS) is 32.4. The Kier molecular flexibility index (Phi) is 8.14. The van der Waals surface area contributed by atoms with Gasteiger partial charge in [0.05, 0.1) is 12.2 Å². The molecule has 0 spiro atoms. The average molecular weight is 295 g/mol. The maximum atomic E-state index is 6.45. The minimum absolute atomic E-state index is 0.587. The van der Waals surface area contributed by atoms with Crippen LogP contribution in [0.2, 0.25) is 0 Å². The van der Waals surface area contributed by atoms with Gasteiger partial charge in [-0.15, -0.1) is 0 Å². The van der Waals surface area contributed by atoms with Crippen LogP contribution in [0.5, 0.6) is 0 Å². The Hall–Kier alpha value is -0.0400. The topological polar surface area (TPSA) is 9.23 Å². The molecule has 0 N–H and O–H groups in total. The number of fused-ring (bicyclic) bond motifs is 1. The second-order valence-corrected chi connectivity index (χ2v) is 8.02. The van der Waals surface area contributed by atoms with E-state index in [1.807, 2.05) is 0 Å². The Morgan fingerprint density at radius 1 is 0.857 bits per heavy atom. The summed E-state index contributed by atoms with van der Waals surface area (Å²) in [5.74, 6) is 1.73. The predicted octanol–water partition coefficient (Wildman–Crippen LogP) is 6.50. The van der Waals surface area contributed by atoms with Gasteiger partial charge >= 0.3 is 0 Å². The van der Waals surface area contributed by atoms with E-state index in [1.54, 1.807) is 0 Å². The molecule has 21 heavy (non-hydrogen) atoms. The fraction of sp³-hybridized carbons (Fsp3) is 1.00. The molecule has 1 heterocycles. The molecule has 2 rings (SSSR count). The molecule has 0 aromatic heterocycles. The van der Waals surface area contributed by atoms with Crippen molar-refractivity contribution in [2.75, 3.05) is 0 Å². The first kappa shape index (κ1) is 17.3. The van der Waals surface area contributed by atoms with E-state index < -0.39 is 0 Å². The van der Waals surface area contributed by atoms with Crippen LogP contribution in [-0.4, -0.2) is 12.2 Å². The lowest BCUT2D eigenvalue weighted by Crippen LogP contribution is -2.16. The van der Waals surface area contributed by atoms with E-state index in [9.17, 15) is 0 Å². The van der Waals surface area contributed by atoms with Gasteiger partial charge in [-0.3, -0.25) is 0 Å². The Labute approximate surface area is 133 Å². The van der Waals surface area contributed by atoms with Gasteiger partial charge in [0, 0.05) is 0 Å². The maximum Gasteiger partial charge on any atom is 0.0608 e. The summed E-state index contributed by atoms with van der Waals surface area (Å²) in [4.78, 5) is 0. The third-order valence-corrected chi connectivity index (χ3v) is 5.58. The van der Waals surface area contributed by atoms with Gasteiger partial charge in [-0.1, -0.05) is 78.1 Å². The van der Waals surface area contributed by atoms with Gasteiger partial charge in [-0.2, -0.15) is 0 Å². The molecule has 1 saturated heterocycles. The molecule has 0 radical (unpaired) electrons. The summed E-state index contributed by atoms with van der Waals surface area (Å²) >= 11 is 0. The average Bonchev–Trinajstić information content (AvgIpc) is 2.80. The molecule has 1 aliphatic heterocycles. The van der Waals surface area contributed by atoms with E-state index in [1.165, 1.54) is 89.9 Å². The van der Waals surface area contributed by atoms with Crippen molar-refractivity contribution < 1.29 is 4.74 Å². The van der Waals surface area contributed by atoms with Crippen LogP contribution in [0, 0.1) is 11.8 Å². The predicted molar refractivity (Wildman–Crippen MR) is 91.6 cm³/mol. The van der Waals surface area contributed by atoms with E-state index in [2.05, 4.69) is 13.8 Å². The van der Waals surface area contributed by atoms with Crippen molar-refractivity contribution in [3.05, 3.63) is 0 Å². The highest BCUT2D eigenvalue weighted by Crippen LogP contribution is 2.36. The second-order valence-electron chi connectivity index (χ2n) is 8.02. The third-order valence-electron chi connectivity index (χ3n) is 5.58. The SMILES string of the molecule is CC(C)CCCC1CC2CCCCCCCCCCC2O1. The fourth-order valence-corrected chi connectivity index (χ4v) is 4.26. The largest absolute Gasteiger partial charge is 0.375 e. The quantitative estimate of drug-likeness (QED) is 0.575. The monoisotopic (exact) mass is 294 g/mol. The van der Waals surface area contributed by atoms with Crippen LogP contribution >= 0.6 is 0 Å². The highest BCUT2D eigenvalue weighted by atomic mass is 16.5. The summed E-state index contributed by atoms with van der Waals surface area (Å²) < 4.78 is 6.45. The Balaban J connectivity index is 1.75. The first-order valence-electron chi connectivity index (χ1n) is 9.91. The van der Waals surface area contributed by atoms with Crippen molar-refractivity contribution in [1.82, 2.24) is 0 Å². The second kappa shape index (κ2) is 9.87. The van der Waals surface area contributed by atoms with Crippen LogP contribution < -0.4 is 0 Å². The van der Waals surface area contributed by atoms with Crippen molar-refractivity contribution in [3.63, 3.8) is 0 Å². The summed E-state index contributed by atoms with van der Waals surface area (Å²) in [7, 11) is 0. The van der Waals surface area contributed by atoms with Crippen molar-refractivity contribution in [1.29, 1.82) is 0 Å². The number of hydrogen-bond donors (Lipinski definition) is 0. The van der Waals surface area contributed by atoms with Gasteiger partial charge < -0.3 is 4.74 Å². The molecule has 1 heteroatoms. The summed E-state index contributed by atoms with van der Waals surface area (Å²) in [6, 6.07) is 0. The van der Waals surface area contributed by atoms with Gasteiger partial charge in [0.15, 0.2) is 0 Å². The summed E-state index contributed by atoms with van der Waals surface area (Å²) in [5.41, 5.74) is 0. The van der Waals surface area contributed by atoms with Gasteiger partial charge in [0.25, 0.3) is 0 Å². The zero-order valence-corrected chi connectivity index (χ0v) is 14.6. The molecule has 1 nitrogen and oxygen atoms in total. The number of rotatable bonds is 4. The van der Waals surface area contributed by atoms with E-state index in [4.69, 9.17) is 4.74 Å². The van der Waals surface area contributed by atoms with E-state index in [0.29, 0.717) is 12.2 Å². The Morgan fingerprint density at radius 2 is 1.48 bits per heavy atom. The lowest BCUT2D eigenvalue weighted by molar-refractivity contribution is 0.0215. The van der Waals surface area contributed by atoms with Gasteiger partial charge in [0.2, 0.25) is 0 Å². The molecule has 3 unspecified atom stereocenters. The van der Waals surface area contributed by atoms with Crippen LogP contribution in [0.1, 0.15) is 104 Å².